The second-order valence-electron chi connectivity index (χ2n) is 13.4. The van der Waals surface area contributed by atoms with Crippen molar-refractivity contribution < 1.29 is 14.7 Å². The van der Waals surface area contributed by atoms with E-state index in [0.717, 1.165) is 58.1 Å². The van der Waals surface area contributed by atoms with Crippen LogP contribution in [0.15, 0.2) is 86.4 Å². The number of nitrogens with one attached hydrogen (secondary N) is 4. The maximum atomic E-state index is 12.7. The molecular formula is C44H66N8O3. The van der Waals surface area contributed by atoms with E-state index in [9.17, 15) is 14.7 Å². The summed E-state index contributed by atoms with van der Waals surface area (Å²) in [6.45, 7) is 24.5. The molecule has 0 saturated heterocycles. The fraction of sp³-hybridized carbons (Fsp3) is 0.409. The van der Waals surface area contributed by atoms with E-state index in [0.29, 0.717) is 31.1 Å². The Labute approximate surface area is 330 Å². The molecule has 0 bridgehead atoms. The van der Waals surface area contributed by atoms with Gasteiger partial charge in [0.1, 0.15) is 17.7 Å². The quantitative estimate of drug-likeness (QED) is 0.0531. The lowest BCUT2D eigenvalue weighted by molar-refractivity contribution is -0.132. The number of carbonyl (C=O) groups excluding carboxylic acids is 2. The Balaban J connectivity index is 0.00000238. The van der Waals surface area contributed by atoms with Gasteiger partial charge in [0.2, 0.25) is 11.8 Å². The summed E-state index contributed by atoms with van der Waals surface area (Å²) in [5.41, 5.74) is 11.4. The average Bonchev–Trinajstić information content (AvgIpc) is 3.87. The fourth-order valence-corrected chi connectivity index (χ4v) is 5.16. The van der Waals surface area contributed by atoms with E-state index >= 15 is 0 Å². The highest BCUT2D eigenvalue weighted by atomic mass is 16.3. The Morgan fingerprint density at radius 3 is 1.69 bits per heavy atom. The van der Waals surface area contributed by atoms with E-state index in [2.05, 4.69) is 126 Å². The number of hydrogen-bond acceptors (Lipinski definition) is 7. The zero-order valence-electron chi connectivity index (χ0n) is 34.6. The van der Waals surface area contributed by atoms with Gasteiger partial charge < -0.3 is 36.3 Å². The minimum absolute atomic E-state index is 0.112. The predicted molar refractivity (Wildman–Crippen MR) is 229 cm³/mol. The molecule has 2 aromatic carbocycles. The molecule has 0 aliphatic carbocycles. The number of nitrogens with zero attached hydrogens (tertiary/aromatic N) is 3. The van der Waals surface area contributed by atoms with Crippen molar-refractivity contribution in [3.05, 3.63) is 98.0 Å². The van der Waals surface area contributed by atoms with Crippen LogP contribution in [0, 0.1) is 24.7 Å². The third kappa shape index (κ3) is 17.5. The van der Waals surface area contributed by atoms with E-state index in [-0.39, 0.29) is 17.7 Å². The van der Waals surface area contributed by atoms with Crippen LogP contribution >= 0.6 is 0 Å². The van der Waals surface area contributed by atoms with Crippen LogP contribution in [0.25, 0.3) is 33.6 Å². The number of aliphatic hydroxyl groups is 1. The van der Waals surface area contributed by atoms with Gasteiger partial charge in [-0.05, 0) is 67.1 Å². The number of benzene rings is 2. The van der Waals surface area contributed by atoms with Crippen LogP contribution in [0.5, 0.6) is 0 Å². The van der Waals surface area contributed by atoms with Crippen LogP contribution in [0.2, 0.25) is 0 Å². The number of aromatic nitrogens is 4. The lowest BCUT2D eigenvalue weighted by Crippen LogP contribution is -2.36. The van der Waals surface area contributed by atoms with Crippen LogP contribution < -0.4 is 16.4 Å². The Morgan fingerprint density at radius 1 is 0.836 bits per heavy atom. The molecule has 7 N–H and O–H groups in total. The third-order valence-corrected chi connectivity index (χ3v) is 7.83. The number of imidazole rings is 2. The lowest BCUT2D eigenvalue weighted by atomic mass is 10.0. The molecule has 300 valence electrons. The number of aromatic amines is 2. The van der Waals surface area contributed by atoms with Crippen LogP contribution in [-0.4, -0.2) is 68.5 Å². The largest absolute Gasteiger partial charge is 0.392 e. The highest BCUT2D eigenvalue weighted by Gasteiger charge is 2.23. The first-order chi connectivity index (χ1) is 26.3. The van der Waals surface area contributed by atoms with Crippen molar-refractivity contribution in [2.45, 2.75) is 86.4 Å². The Hall–Kier alpha value is -5.44. The molecule has 0 saturated carbocycles. The molecule has 2 aromatic heterocycles. The van der Waals surface area contributed by atoms with Gasteiger partial charge in [-0.25, -0.2) is 9.97 Å². The number of terminal acetylenes is 1. The summed E-state index contributed by atoms with van der Waals surface area (Å²) in [6.07, 6.45) is 12.6. The van der Waals surface area contributed by atoms with Gasteiger partial charge in [0.25, 0.3) is 0 Å². The molecule has 4 rings (SSSR count). The van der Waals surface area contributed by atoms with Crippen molar-refractivity contribution in [3.63, 3.8) is 0 Å². The topological polar surface area (TPSA) is 165 Å². The number of nitrogens with two attached hydrogens (primary N) is 1. The molecule has 2 atom stereocenters. The van der Waals surface area contributed by atoms with Crippen LogP contribution in [-0.2, 0) is 16.1 Å². The van der Waals surface area contributed by atoms with Gasteiger partial charge in [0, 0.05) is 26.4 Å². The molecule has 11 heteroatoms. The normalized spacial score (nSPS) is 11.1. The number of H-pyrrole nitrogens is 2. The summed E-state index contributed by atoms with van der Waals surface area (Å²) in [6, 6.07) is 15.9. The van der Waals surface area contributed by atoms with Crippen LogP contribution in [0.3, 0.4) is 0 Å². The molecule has 2 amide bonds. The van der Waals surface area contributed by atoms with E-state index < -0.39 is 12.1 Å². The van der Waals surface area contributed by atoms with Gasteiger partial charge in [-0.15, -0.1) is 26.0 Å². The summed E-state index contributed by atoms with van der Waals surface area (Å²) >= 11 is 0. The van der Waals surface area contributed by atoms with Crippen molar-refractivity contribution in [1.82, 2.24) is 35.5 Å². The van der Waals surface area contributed by atoms with E-state index in [4.69, 9.17) is 0 Å². The van der Waals surface area contributed by atoms with E-state index in [1.54, 1.807) is 13.1 Å². The number of aliphatic hydroxyl groups excluding tert-OH is 1. The molecule has 4 aromatic rings. The number of amides is 2. The highest BCUT2D eigenvalue weighted by Crippen LogP contribution is 2.28. The molecule has 0 radical (unpaired) electrons. The molecule has 55 heavy (non-hydrogen) atoms. The summed E-state index contributed by atoms with van der Waals surface area (Å²) < 4.78 is 0. The van der Waals surface area contributed by atoms with Crippen LogP contribution in [0.4, 0.5) is 0 Å². The number of carbonyl (C=O) groups is 2. The Kier molecular flexibility index (Phi) is 24.5. The first kappa shape index (κ1) is 49.6. The SMILES string of the molecule is C#C.C=C.C=C(C)NC.CCCN(Cc1ncc(-c2ccc(-c3ccc(-c4cnc([C@@H](NC(=O)CC(C)C)[C@@H](C)O)[nH]4)cc3)cc2)[nH]1)C(=O)CC(C)C.CN. The predicted octanol–water partition coefficient (Wildman–Crippen LogP) is 7.87. The maximum absolute atomic E-state index is 12.7. The standard InChI is InChI=1S/C35H46N6O3.C4H9N.C2H4.C2H2.CH5N/c1-7-16-41(33(44)18-23(4)5)21-31-36-19-29(38-31)27-12-8-25(9-13-27)26-10-14-28(15-11-26)30-20-37-35(39-30)34(24(6)42)40-32(43)17-22(2)3;1-4(2)5-3;3*1-2/h8-15,19-20,22-24,34,42H,7,16-18,21H2,1-6H3,(H,36,38)(H,37,39)(H,40,43);5H,1H2,2-3H3;1-2H2;1-2H;2H2,1H3/t24-,34+;;;;/m1..../s1. The zero-order valence-corrected chi connectivity index (χ0v) is 34.6. The molecule has 0 aliphatic rings. The second-order valence-corrected chi connectivity index (χ2v) is 13.4. The van der Waals surface area contributed by atoms with Crippen molar-refractivity contribution in [2.75, 3.05) is 20.6 Å². The third-order valence-electron chi connectivity index (χ3n) is 7.83. The monoisotopic (exact) mass is 755 g/mol. The molecular weight excluding hydrogens is 689 g/mol. The lowest BCUT2D eigenvalue weighted by Gasteiger charge is -2.22. The van der Waals surface area contributed by atoms with Crippen molar-refractivity contribution in [3.8, 4) is 46.5 Å². The van der Waals surface area contributed by atoms with Crippen LogP contribution in [0.1, 0.15) is 85.4 Å². The van der Waals surface area contributed by atoms with Gasteiger partial charge in [-0.1, -0.05) is 89.7 Å². The maximum Gasteiger partial charge on any atom is 0.223 e. The van der Waals surface area contributed by atoms with Gasteiger partial charge >= 0.3 is 0 Å². The van der Waals surface area contributed by atoms with Crippen molar-refractivity contribution in [2.24, 2.45) is 17.6 Å². The number of hydrogen-bond donors (Lipinski definition) is 6. The summed E-state index contributed by atoms with van der Waals surface area (Å²) in [4.78, 5) is 42.6. The molecule has 0 aliphatic heterocycles. The van der Waals surface area contributed by atoms with Crippen molar-refractivity contribution >= 4 is 11.8 Å². The fourth-order valence-electron chi connectivity index (χ4n) is 5.16. The smallest absolute Gasteiger partial charge is 0.223 e. The van der Waals surface area contributed by atoms with Gasteiger partial charge in [0.05, 0.1) is 36.4 Å². The number of rotatable bonds is 15. The molecule has 0 unspecified atom stereocenters. The van der Waals surface area contributed by atoms with Gasteiger partial charge in [0.15, 0.2) is 0 Å². The molecule has 11 nitrogen and oxygen atoms in total. The van der Waals surface area contributed by atoms with Gasteiger partial charge in [-0.3, -0.25) is 9.59 Å². The first-order valence-corrected chi connectivity index (χ1v) is 18.6. The molecule has 2 heterocycles. The summed E-state index contributed by atoms with van der Waals surface area (Å²) in [7, 11) is 3.35. The minimum atomic E-state index is -0.793. The summed E-state index contributed by atoms with van der Waals surface area (Å²) in [5.74, 6) is 1.91. The minimum Gasteiger partial charge on any atom is -0.392 e. The second kappa shape index (κ2) is 27.2. The molecule has 0 spiro atoms. The van der Waals surface area contributed by atoms with E-state index in [1.807, 2.05) is 51.0 Å². The Bertz CT molecular complexity index is 1690. The number of allylic oxidation sites excluding steroid dienone is 1. The Morgan fingerprint density at radius 2 is 1.27 bits per heavy atom. The first-order valence-electron chi connectivity index (χ1n) is 18.6. The summed E-state index contributed by atoms with van der Waals surface area (Å²) in [5, 5.41) is 16.0. The molecule has 0 fully saturated rings. The highest BCUT2D eigenvalue weighted by molar-refractivity contribution is 5.77. The van der Waals surface area contributed by atoms with Crippen molar-refractivity contribution in [1.29, 1.82) is 0 Å². The van der Waals surface area contributed by atoms with Gasteiger partial charge in [-0.2, -0.15) is 0 Å². The zero-order chi connectivity index (χ0) is 42.1. The van der Waals surface area contributed by atoms with E-state index in [1.165, 1.54) is 7.05 Å². The average molecular weight is 755 g/mol.